The van der Waals surface area contributed by atoms with Crippen LogP contribution in [-0.2, 0) is 0 Å². The Labute approximate surface area is 165 Å². The first-order valence-electron chi connectivity index (χ1n) is 9.32. The van der Waals surface area contributed by atoms with E-state index in [-0.39, 0.29) is 5.66 Å². The average Bonchev–Trinajstić information content (AvgIpc) is 3.30. The number of para-hydroxylation sites is 1. The van der Waals surface area contributed by atoms with Gasteiger partial charge in [-0.25, -0.2) is 0 Å². The fourth-order valence-corrected chi connectivity index (χ4v) is 6.32. The van der Waals surface area contributed by atoms with Gasteiger partial charge in [-0.2, -0.15) is 0 Å². The van der Waals surface area contributed by atoms with Gasteiger partial charge in [0.15, 0.2) is 11.5 Å². The minimum Gasteiger partial charge on any atom is -0.461 e. The topological polar surface area (TPSA) is 22.4 Å². The molecular formula is C25H19O2P. The van der Waals surface area contributed by atoms with E-state index in [9.17, 15) is 0 Å². The highest BCUT2D eigenvalue weighted by Crippen LogP contribution is 2.55. The molecule has 0 amide bonds. The van der Waals surface area contributed by atoms with Crippen molar-refractivity contribution < 1.29 is 9.15 Å². The molecule has 1 atom stereocenters. The summed E-state index contributed by atoms with van der Waals surface area (Å²) in [6.07, 6.45) is 3.92. The molecule has 2 heterocycles. The molecule has 4 aromatic rings. The van der Waals surface area contributed by atoms with Crippen LogP contribution in [-0.4, -0.2) is 0 Å². The van der Waals surface area contributed by atoms with Crippen molar-refractivity contribution in [1.29, 1.82) is 0 Å². The maximum Gasteiger partial charge on any atom is 0.168 e. The Morgan fingerprint density at radius 2 is 1.29 bits per heavy atom. The molecule has 0 bridgehead atoms. The number of hydrogen-bond donors (Lipinski definition) is 0. The molecule has 0 aliphatic carbocycles. The number of rotatable bonds is 4. The first-order chi connectivity index (χ1) is 13.9. The van der Waals surface area contributed by atoms with Gasteiger partial charge in [0.2, 0.25) is 0 Å². The molecule has 1 aliphatic rings. The Morgan fingerprint density at radius 3 is 1.93 bits per heavy atom. The molecule has 0 saturated heterocycles. The summed E-state index contributed by atoms with van der Waals surface area (Å²) in [6.45, 7) is 0. The molecule has 1 aromatic heterocycles. The fourth-order valence-electron chi connectivity index (χ4n) is 3.62. The molecule has 0 radical (unpaired) electrons. The van der Waals surface area contributed by atoms with Crippen LogP contribution < -0.4 is 15.3 Å². The van der Waals surface area contributed by atoms with Gasteiger partial charge in [-0.1, -0.05) is 78.9 Å². The summed E-state index contributed by atoms with van der Waals surface area (Å²) in [5, 5.41) is 2.70. The van der Waals surface area contributed by atoms with Crippen LogP contribution in [0.1, 0.15) is 17.0 Å². The summed E-state index contributed by atoms with van der Waals surface area (Å²) in [6, 6.07) is 33.7. The third kappa shape index (κ3) is 3.17. The lowest BCUT2D eigenvalue weighted by molar-refractivity contribution is 0.453. The molecule has 2 nitrogen and oxygen atoms in total. The van der Waals surface area contributed by atoms with Crippen LogP contribution in [0, 0.1) is 0 Å². The molecular weight excluding hydrogens is 363 g/mol. The Balaban J connectivity index is 1.70. The lowest BCUT2D eigenvalue weighted by Crippen LogP contribution is -2.19. The molecule has 3 heteroatoms. The van der Waals surface area contributed by atoms with E-state index >= 15 is 0 Å². The van der Waals surface area contributed by atoms with Crippen molar-refractivity contribution in [3.05, 3.63) is 121 Å². The number of allylic oxidation sites excluding steroid dienone is 1. The quantitative estimate of drug-likeness (QED) is 0.411. The second kappa shape index (κ2) is 7.50. The molecule has 28 heavy (non-hydrogen) atoms. The van der Waals surface area contributed by atoms with E-state index in [0.717, 1.165) is 17.3 Å². The van der Waals surface area contributed by atoms with E-state index in [0.29, 0.717) is 0 Å². The Hall–Kier alpha value is -3.09. The van der Waals surface area contributed by atoms with E-state index in [2.05, 4.69) is 78.9 Å². The SMILES string of the molecule is C1=C(c2ccco2)Oc2ccccc2C1P(c1ccccc1)c1ccccc1. The molecule has 136 valence electrons. The number of ether oxygens (including phenoxy) is 1. The molecule has 0 fully saturated rings. The van der Waals surface area contributed by atoms with Crippen molar-refractivity contribution in [2.75, 3.05) is 0 Å². The summed E-state index contributed by atoms with van der Waals surface area (Å²) >= 11 is 0. The van der Waals surface area contributed by atoms with Crippen molar-refractivity contribution in [1.82, 2.24) is 0 Å². The minimum absolute atomic E-state index is 0.199. The van der Waals surface area contributed by atoms with Crippen LogP contribution in [0.5, 0.6) is 5.75 Å². The van der Waals surface area contributed by atoms with Crippen LogP contribution in [0.3, 0.4) is 0 Å². The Kier molecular flexibility index (Phi) is 4.56. The molecule has 1 unspecified atom stereocenters. The average molecular weight is 382 g/mol. The summed E-state index contributed by atoms with van der Waals surface area (Å²) in [5.74, 6) is 2.45. The van der Waals surface area contributed by atoms with Gasteiger partial charge in [-0.15, -0.1) is 0 Å². The molecule has 0 N–H and O–H groups in total. The first-order valence-corrected chi connectivity index (χ1v) is 10.7. The minimum atomic E-state index is -0.656. The second-order valence-corrected chi connectivity index (χ2v) is 8.96. The normalized spacial score (nSPS) is 15.6. The van der Waals surface area contributed by atoms with Gasteiger partial charge < -0.3 is 9.15 Å². The van der Waals surface area contributed by atoms with E-state index in [4.69, 9.17) is 9.15 Å². The van der Waals surface area contributed by atoms with Crippen molar-refractivity contribution >= 4 is 24.3 Å². The fraction of sp³-hybridized carbons (Fsp3) is 0.0400. The summed E-state index contributed by atoms with van der Waals surface area (Å²) in [4.78, 5) is 0. The van der Waals surface area contributed by atoms with Gasteiger partial charge >= 0.3 is 0 Å². The molecule has 0 saturated carbocycles. The van der Waals surface area contributed by atoms with E-state index < -0.39 is 7.92 Å². The number of furan rings is 1. The predicted molar refractivity (Wildman–Crippen MR) is 116 cm³/mol. The second-order valence-electron chi connectivity index (χ2n) is 6.63. The number of hydrogen-bond acceptors (Lipinski definition) is 2. The van der Waals surface area contributed by atoms with Crippen molar-refractivity contribution in [3.63, 3.8) is 0 Å². The predicted octanol–water partition coefficient (Wildman–Crippen LogP) is 5.89. The Bertz CT molecular complexity index is 1050. The van der Waals surface area contributed by atoms with Crippen LogP contribution in [0.2, 0.25) is 0 Å². The highest BCUT2D eigenvalue weighted by atomic mass is 31.1. The van der Waals surface area contributed by atoms with E-state index in [1.165, 1.54) is 16.2 Å². The van der Waals surface area contributed by atoms with Crippen LogP contribution >= 0.6 is 7.92 Å². The van der Waals surface area contributed by atoms with Gasteiger partial charge in [-0.3, -0.25) is 0 Å². The van der Waals surface area contributed by atoms with Gasteiger partial charge in [0.1, 0.15) is 5.75 Å². The maximum absolute atomic E-state index is 6.21. The van der Waals surface area contributed by atoms with Crippen LogP contribution in [0.15, 0.2) is 114 Å². The maximum atomic E-state index is 6.21. The van der Waals surface area contributed by atoms with Gasteiger partial charge in [-0.05, 0) is 42.8 Å². The first kappa shape index (κ1) is 17.0. The lowest BCUT2D eigenvalue weighted by atomic mass is 10.1. The monoisotopic (exact) mass is 382 g/mol. The van der Waals surface area contributed by atoms with Gasteiger partial charge in [0.05, 0.1) is 6.26 Å². The van der Waals surface area contributed by atoms with Crippen molar-refractivity contribution in [3.8, 4) is 5.75 Å². The van der Waals surface area contributed by atoms with Crippen LogP contribution in [0.25, 0.3) is 5.76 Å². The zero-order chi connectivity index (χ0) is 18.8. The van der Waals surface area contributed by atoms with Gasteiger partial charge in [0, 0.05) is 11.2 Å². The highest BCUT2D eigenvalue weighted by molar-refractivity contribution is 7.73. The highest BCUT2D eigenvalue weighted by Gasteiger charge is 2.31. The van der Waals surface area contributed by atoms with Gasteiger partial charge in [0.25, 0.3) is 0 Å². The summed E-state index contributed by atoms with van der Waals surface area (Å²) < 4.78 is 11.8. The molecule has 3 aromatic carbocycles. The molecule has 5 rings (SSSR count). The summed E-state index contributed by atoms with van der Waals surface area (Å²) in [7, 11) is -0.656. The summed E-state index contributed by atoms with van der Waals surface area (Å²) in [5.41, 5.74) is 1.42. The smallest absolute Gasteiger partial charge is 0.168 e. The third-order valence-electron chi connectivity index (χ3n) is 4.88. The standard InChI is InChI=1S/C25H19O2P/c1-3-10-19(11-4-1)28(20-12-5-2-6-13-20)25-18-24(23-16-9-17-26-23)27-22-15-8-7-14-21(22)25/h1-18,25H. The van der Waals surface area contributed by atoms with Crippen LogP contribution in [0.4, 0.5) is 0 Å². The van der Waals surface area contributed by atoms with E-state index in [1.54, 1.807) is 6.26 Å². The van der Waals surface area contributed by atoms with Crippen molar-refractivity contribution in [2.45, 2.75) is 5.66 Å². The largest absolute Gasteiger partial charge is 0.461 e. The van der Waals surface area contributed by atoms with E-state index in [1.807, 2.05) is 24.3 Å². The number of benzene rings is 3. The number of fused-ring (bicyclic) bond motifs is 1. The zero-order valence-electron chi connectivity index (χ0n) is 15.2. The molecule has 0 spiro atoms. The third-order valence-corrected chi connectivity index (χ3v) is 7.57. The Morgan fingerprint density at radius 1 is 0.643 bits per heavy atom. The lowest BCUT2D eigenvalue weighted by Gasteiger charge is -2.31. The zero-order valence-corrected chi connectivity index (χ0v) is 16.1. The van der Waals surface area contributed by atoms with Crippen molar-refractivity contribution in [2.24, 2.45) is 0 Å². The molecule has 1 aliphatic heterocycles.